The monoisotopic (exact) mass is 464 g/mol. The van der Waals surface area contributed by atoms with E-state index in [0.29, 0.717) is 0 Å². The molecule has 0 fully saturated rings. The Bertz CT molecular complexity index is 613. The average Bonchev–Trinajstić information content (AvgIpc) is 2.69. The molecule has 1 rings (SSSR count). The zero-order valence-electron chi connectivity index (χ0n) is 20.3. The van der Waals surface area contributed by atoms with Crippen molar-refractivity contribution in [1.29, 1.82) is 0 Å². The quantitative estimate of drug-likeness (QED) is 0.377. The largest absolute Gasteiger partial charge is 0.469 e. The van der Waals surface area contributed by atoms with Crippen LogP contribution in [0.4, 0.5) is 4.79 Å². The first-order chi connectivity index (χ1) is 14.1. The van der Waals surface area contributed by atoms with Crippen molar-refractivity contribution in [2.24, 2.45) is 0 Å². The number of nitrogens with one attached hydrogen (secondary N) is 1. The molecule has 9 nitrogen and oxygen atoms in total. The first-order valence-electron chi connectivity index (χ1n) is 10.3. The van der Waals surface area contributed by atoms with Gasteiger partial charge in [-0.25, -0.2) is 9.59 Å². The number of rotatable bonds is 5. The maximum atomic E-state index is 12.2. The number of hydrogen-bond donors (Lipinski definition) is 1. The molecule has 0 spiro atoms. The number of esters is 2. The van der Waals surface area contributed by atoms with Crippen molar-refractivity contribution in [2.45, 2.75) is 73.8 Å². The van der Waals surface area contributed by atoms with Crippen LogP contribution in [0.2, 0.25) is 0 Å². The van der Waals surface area contributed by atoms with Gasteiger partial charge in [-0.15, -0.1) is 0 Å². The van der Waals surface area contributed by atoms with E-state index >= 15 is 0 Å². The van der Waals surface area contributed by atoms with Crippen LogP contribution in [0.3, 0.4) is 0 Å². The van der Waals surface area contributed by atoms with Crippen molar-refractivity contribution in [3.8, 4) is 0 Å². The van der Waals surface area contributed by atoms with E-state index in [1.54, 1.807) is 27.7 Å². The maximum absolute atomic E-state index is 12.2. The van der Waals surface area contributed by atoms with Crippen LogP contribution in [0.1, 0.15) is 68.2 Å². The molecular formula is C21H40N2O7S. The van der Waals surface area contributed by atoms with E-state index in [4.69, 9.17) is 9.47 Å². The van der Waals surface area contributed by atoms with Crippen LogP contribution in [0.15, 0.2) is 11.3 Å². The van der Waals surface area contributed by atoms with Gasteiger partial charge in [0.1, 0.15) is 12.0 Å². The molecular weight excluding hydrogens is 424 g/mol. The molecule has 0 radical (unpaired) electrons. The SMILES string of the molecule is CC.CC.CCOC(=O)C1=C(NC(=O)CC(=O)OC)CN(C(=O)OC(C)(C)C)CC1.S. The third-order valence-corrected chi connectivity index (χ3v) is 3.34. The van der Waals surface area contributed by atoms with Gasteiger partial charge in [-0.3, -0.25) is 9.59 Å². The Balaban J connectivity index is -0.00000148. The second-order valence-corrected chi connectivity index (χ2v) is 6.63. The molecule has 0 unspecified atom stereocenters. The Hall–Kier alpha value is -2.23. The highest BCUT2D eigenvalue weighted by Crippen LogP contribution is 2.20. The molecule has 2 amide bonds. The highest BCUT2D eigenvalue weighted by Gasteiger charge is 2.31. The lowest BCUT2D eigenvalue weighted by Crippen LogP contribution is -2.45. The maximum Gasteiger partial charge on any atom is 0.410 e. The summed E-state index contributed by atoms with van der Waals surface area (Å²) in [6.45, 7) is 15.3. The lowest BCUT2D eigenvalue weighted by molar-refractivity contribution is -0.143. The summed E-state index contributed by atoms with van der Waals surface area (Å²) in [5, 5.41) is 2.51. The van der Waals surface area contributed by atoms with Gasteiger partial charge < -0.3 is 24.4 Å². The minimum absolute atomic E-state index is 0. The van der Waals surface area contributed by atoms with E-state index in [1.807, 2.05) is 27.7 Å². The van der Waals surface area contributed by atoms with Crippen LogP contribution in [-0.4, -0.2) is 61.2 Å². The third-order valence-electron chi connectivity index (χ3n) is 3.34. The van der Waals surface area contributed by atoms with Gasteiger partial charge in [0.2, 0.25) is 5.91 Å². The Kier molecular flexibility index (Phi) is 18.8. The molecule has 0 atom stereocenters. The second kappa shape index (κ2) is 17.5. The summed E-state index contributed by atoms with van der Waals surface area (Å²) in [5.41, 5.74) is -0.185. The van der Waals surface area contributed by atoms with Crippen LogP contribution in [0.5, 0.6) is 0 Å². The van der Waals surface area contributed by atoms with Crippen molar-refractivity contribution in [3.05, 3.63) is 11.3 Å². The minimum Gasteiger partial charge on any atom is -0.469 e. The van der Waals surface area contributed by atoms with Gasteiger partial charge in [0.15, 0.2) is 0 Å². The first kappa shape index (κ1) is 33.4. The predicted octanol–water partition coefficient (Wildman–Crippen LogP) is 3.29. The number of amides is 2. The molecule has 0 saturated heterocycles. The number of ether oxygens (including phenoxy) is 3. The Morgan fingerprint density at radius 2 is 1.61 bits per heavy atom. The fourth-order valence-corrected chi connectivity index (χ4v) is 2.22. The third kappa shape index (κ3) is 13.6. The molecule has 1 heterocycles. The molecule has 0 bridgehead atoms. The normalized spacial score (nSPS) is 12.6. The van der Waals surface area contributed by atoms with Gasteiger partial charge in [-0.1, -0.05) is 27.7 Å². The van der Waals surface area contributed by atoms with Crippen molar-refractivity contribution < 1.29 is 33.4 Å². The fraction of sp³-hybridized carbons (Fsp3) is 0.714. The molecule has 1 N–H and O–H groups in total. The van der Waals surface area contributed by atoms with E-state index in [2.05, 4.69) is 10.1 Å². The van der Waals surface area contributed by atoms with E-state index in [0.717, 1.165) is 0 Å². The first-order valence-corrected chi connectivity index (χ1v) is 10.3. The zero-order chi connectivity index (χ0) is 23.9. The van der Waals surface area contributed by atoms with Gasteiger partial charge in [0.05, 0.1) is 25.8 Å². The summed E-state index contributed by atoms with van der Waals surface area (Å²) in [7, 11) is 1.17. The van der Waals surface area contributed by atoms with Gasteiger partial charge >= 0.3 is 18.0 Å². The summed E-state index contributed by atoms with van der Waals surface area (Å²) in [4.78, 5) is 49.0. The summed E-state index contributed by atoms with van der Waals surface area (Å²) < 4.78 is 14.8. The van der Waals surface area contributed by atoms with Crippen molar-refractivity contribution in [2.75, 3.05) is 26.8 Å². The molecule has 0 saturated carbocycles. The van der Waals surface area contributed by atoms with Gasteiger partial charge in [0.25, 0.3) is 0 Å². The van der Waals surface area contributed by atoms with E-state index in [9.17, 15) is 19.2 Å². The smallest absolute Gasteiger partial charge is 0.410 e. The van der Waals surface area contributed by atoms with Gasteiger partial charge in [-0.05, 0) is 34.1 Å². The standard InChI is InChI=1S/C17H26N2O7.2C2H6.H2S/c1-6-25-15(22)11-7-8-19(16(23)26-17(2,3)4)10-12(11)18-13(20)9-14(21)24-5;2*1-2;/h6-10H2,1-5H3,(H,18,20);2*1-2H3;1H2. The minimum atomic E-state index is -0.708. The summed E-state index contributed by atoms with van der Waals surface area (Å²) in [5.74, 6) is -1.91. The van der Waals surface area contributed by atoms with Crippen LogP contribution in [0, 0.1) is 0 Å². The zero-order valence-corrected chi connectivity index (χ0v) is 21.3. The fourth-order valence-electron chi connectivity index (χ4n) is 2.22. The Morgan fingerprint density at radius 3 is 2.06 bits per heavy atom. The van der Waals surface area contributed by atoms with Crippen LogP contribution >= 0.6 is 13.5 Å². The number of methoxy groups -OCH3 is 1. The summed E-state index contributed by atoms with van der Waals surface area (Å²) >= 11 is 0. The molecule has 0 aliphatic carbocycles. The van der Waals surface area contributed by atoms with E-state index < -0.39 is 36.0 Å². The lowest BCUT2D eigenvalue weighted by atomic mass is 10.1. The van der Waals surface area contributed by atoms with Crippen LogP contribution in [0.25, 0.3) is 0 Å². The van der Waals surface area contributed by atoms with E-state index in [-0.39, 0.29) is 50.9 Å². The number of carbonyl (C=O) groups excluding carboxylic acids is 4. The van der Waals surface area contributed by atoms with E-state index in [1.165, 1.54) is 12.0 Å². The number of carbonyl (C=O) groups is 4. The highest BCUT2D eigenvalue weighted by molar-refractivity contribution is 7.59. The van der Waals surface area contributed by atoms with Crippen LogP contribution in [-0.2, 0) is 28.6 Å². The molecule has 31 heavy (non-hydrogen) atoms. The van der Waals surface area contributed by atoms with Gasteiger partial charge in [0, 0.05) is 12.2 Å². The molecule has 10 heteroatoms. The summed E-state index contributed by atoms with van der Waals surface area (Å²) in [6.07, 6.45) is -0.853. The molecule has 0 aromatic rings. The molecule has 1 aliphatic rings. The number of nitrogens with zero attached hydrogens (tertiary/aromatic N) is 1. The Labute approximate surface area is 193 Å². The molecule has 182 valence electrons. The average molecular weight is 465 g/mol. The van der Waals surface area contributed by atoms with Gasteiger partial charge in [-0.2, -0.15) is 13.5 Å². The Morgan fingerprint density at radius 1 is 1.06 bits per heavy atom. The second-order valence-electron chi connectivity index (χ2n) is 6.63. The number of hydrogen-bond acceptors (Lipinski definition) is 7. The lowest BCUT2D eigenvalue weighted by Gasteiger charge is -2.32. The summed E-state index contributed by atoms with van der Waals surface area (Å²) in [6, 6.07) is 0. The predicted molar refractivity (Wildman–Crippen MR) is 124 cm³/mol. The highest BCUT2D eigenvalue weighted by atomic mass is 32.1. The topological polar surface area (TPSA) is 111 Å². The molecule has 1 aliphatic heterocycles. The van der Waals surface area contributed by atoms with Crippen molar-refractivity contribution in [3.63, 3.8) is 0 Å². The molecule has 0 aromatic carbocycles. The molecule has 0 aromatic heterocycles. The van der Waals surface area contributed by atoms with Crippen LogP contribution < -0.4 is 5.32 Å². The van der Waals surface area contributed by atoms with Crippen molar-refractivity contribution in [1.82, 2.24) is 10.2 Å². The van der Waals surface area contributed by atoms with Crippen molar-refractivity contribution >= 4 is 37.4 Å².